The first-order chi connectivity index (χ1) is 13.5. The average Bonchev–Trinajstić information content (AvgIpc) is 3.04. The van der Waals surface area contributed by atoms with Gasteiger partial charge in [-0.25, -0.2) is 0 Å². The first-order valence-electron chi connectivity index (χ1n) is 10.2. The number of benzene rings is 1. The van der Waals surface area contributed by atoms with Crippen LogP contribution in [-0.2, 0) is 11.3 Å². The highest BCUT2D eigenvalue weighted by atomic mass is 16.5. The van der Waals surface area contributed by atoms with Crippen molar-refractivity contribution in [3.05, 3.63) is 64.9 Å². The van der Waals surface area contributed by atoms with E-state index in [9.17, 15) is 4.79 Å². The summed E-state index contributed by atoms with van der Waals surface area (Å²) >= 11 is 0. The molecule has 0 spiro atoms. The highest BCUT2D eigenvalue weighted by Gasteiger charge is 2.31. The topological polar surface area (TPSA) is 55.6 Å². The summed E-state index contributed by atoms with van der Waals surface area (Å²) in [5.41, 5.74) is 9.88. The molecular weight excluding hydrogens is 348 g/mol. The zero-order chi connectivity index (χ0) is 22.3. The number of nitrogens with two attached hydrogens (primary N) is 1. The molecule has 2 rings (SSSR count). The molecular formula is C24H40N2O2. The standard InChI is InChI=1S/C18H22N2O2.3C2H6/c1-5-12(2)17(19)16-13(3)10-20(18(16)21)11-14-6-8-15(22-4)9-7-14;3*1-2/h5-9H,3,10-11,19H2,1-2,4H3;3*1-2H3/b12-5-,17-16-;;;. The van der Waals surface area contributed by atoms with Crippen molar-refractivity contribution < 1.29 is 9.53 Å². The summed E-state index contributed by atoms with van der Waals surface area (Å²) in [6.45, 7) is 20.8. The van der Waals surface area contributed by atoms with Gasteiger partial charge in [0, 0.05) is 18.8 Å². The van der Waals surface area contributed by atoms with E-state index < -0.39 is 0 Å². The SMILES string of the molecule is C=C1CN(Cc2ccc(OC)cc2)C(=O)/C1=C(N)/C(C)=C\C.CC.CC.CC. The third kappa shape index (κ3) is 7.63. The van der Waals surface area contributed by atoms with Gasteiger partial charge in [-0.05, 0) is 42.7 Å². The fraction of sp³-hybridized carbons (Fsp3) is 0.458. The molecule has 0 saturated carbocycles. The van der Waals surface area contributed by atoms with Gasteiger partial charge in [0.1, 0.15) is 5.75 Å². The van der Waals surface area contributed by atoms with Crippen molar-refractivity contribution in [2.24, 2.45) is 5.73 Å². The Balaban J connectivity index is 0. The Morgan fingerprint density at radius 2 is 1.64 bits per heavy atom. The Hall–Kier alpha value is -2.49. The fourth-order valence-corrected chi connectivity index (χ4v) is 2.43. The molecule has 1 aromatic carbocycles. The molecule has 4 nitrogen and oxygen atoms in total. The van der Waals surface area contributed by atoms with Crippen LogP contribution in [0, 0.1) is 0 Å². The molecule has 1 aliphatic heterocycles. The Kier molecular flexibility index (Phi) is 15.4. The van der Waals surface area contributed by atoms with Gasteiger partial charge in [0.05, 0.1) is 12.7 Å². The van der Waals surface area contributed by atoms with Crippen LogP contribution in [0.1, 0.15) is 61.0 Å². The zero-order valence-electron chi connectivity index (χ0n) is 19.3. The van der Waals surface area contributed by atoms with Gasteiger partial charge < -0.3 is 15.4 Å². The van der Waals surface area contributed by atoms with Gasteiger partial charge in [0.15, 0.2) is 0 Å². The molecule has 0 aromatic heterocycles. The molecule has 1 fully saturated rings. The summed E-state index contributed by atoms with van der Waals surface area (Å²) < 4.78 is 5.14. The molecule has 0 atom stereocenters. The second-order valence-corrected chi connectivity index (χ2v) is 5.37. The molecule has 0 aliphatic carbocycles. The van der Waals surface area contributed by atoms with Crippen molar-refractivity contribution >= 4 is 5.91 Å². The minimum atomic E-state index is -0.0560. The van der Waals surface area contributed by atoms with E-state index in [2.05, 4.69) is 6.58 Å². The van der Waals surface area contributed by atoms with E-state index in [1.807, 2.05) is 85.7 Å². The molecule has 4 heteroatoms. The van der Waals surface area contributed by atoms with Crippen LogP contribution in [0.2, 0.25) is 0 Å². The Bertz CT molecular complexity index is 656. The van der Waals surface area contributed by atoms with Crippen LogP contribution in [0.3, 0.4) is 0 Å². The lowest BCUT2D eigenvalue weighted by molar-refractivity contribution is -0.125. The minimum Gasteiger partial charge on any atom is -0.497 e. The lowest BCUT2D eigenvalue weighted by Crippen LogP contribution is -2.25. The number of carbonyl (C=O) groups excluding carboxylic acids is 1. The van der Waals surface area contributed by atoms with E-state index in [4.69, 9.17) is 10.5 Å². The van der Waals surface area contributed by atoms with E-state index in [0.29, 0.717) is 24.4 Å². The van der Waals surface area contributed by atoms with Crippen molar-refractivity contribution in [3.8, 4) is 5.75 Å². The van der Waals surface area contributed by atoms with Crippen molar-refractivity contribution in [2.75, 3.05) is 13.7 Å². The Morgan fingerprint density at radius 3 is 2.07 bits per heavy atom. The lowest BCUT2D eigenvalue weighted by Gasteiger charge is -2.15. The number of likely N-dealkylation sites (tertiary alicyclic amines) is 1. The maximum atomic E-state index is 12.6. The van der Waals surface area contributed by atoms with Crippen LogP contribution >= 0.6 is 0 Å². The third-order valence-electron chi connectivity index (χ3n) is 3.90. The molecule has 1 aromatic rings. The smallest absolute Gasteiger partial charge is 0.256 e. The summed E-state index contributed by atoms with van der Waals surface area (Å²) in [7, 11) is 1.63. The maximum Gasteiger partial charge on any atom is 0.256 e. The third-order valence-corrected chi connectivity index (χ3v) is 3.90. The fourth-order valence-electron chi connectivity index (χ4n) is 2.43. The number of ether oxygens (including phenoxy) is 1. The van der Waals surface area contributed by atoms with Crippen LogP contribution in [0.5, 0.6) is 5.75 Å². The van der Waals surface area contributed by atoms with E-state index in [-0.39, 0.29) is 5.91 Å². The van der Waals surface area contributed by atoms with Crippen LogP contribution in [0.25, 0.3) is 0 Å². The average molecular weight is 389 g/mol. The Morgan fingerprint density at radius 1 is 1.14 bits per heavy atom. The summed E-state index contributed by atoms with van der Waals surface area (Å²) in [6.07, 6.45) is 1.90. The monoisotopic (exact) mass is 388 g/mol. The molecule has 1 heterocycles. The molecule has 0 radical (unpaired) electrons. The van der Waals surface area contributed by atoms with Gasteiger partial charge in [0.2, 0.25) is 0 Å². The summed E-state index contributed by atoms with van der Waals surface area (Å²) in [5.74, 6) is 0.744. The molecule has 158 valence electrons. The molecule has 0 bridgehead atoms. The van der Waals surface area contributed by atoms with Gasteiger partial charge in [-0.3, -0.25) is 4.79 Å². The predicted octanol–water partition coefficient (Wildman–Crippen LogP) is 5.85. The summed E-state index contributed by atoms with van der Waals surface area (Å²) in [6, 6.07) is 7.69. The van der Waals surface area contributed by atoms with Crippen LogP contribution in [0.15, 0.2) is 59.3 Å². The molecule has 1 saturated heterocycles. The summed E-state index contributed by atoms with van der Waals surface area (Å²) in [4.78, 5) is 14.3. The van der Waals surface area contributed by atoms with E-state index >= 15 is 0 Å². The first-order valence-corrected chi connectivity index (χ1v) is 10.2. The van der Waals surface area contributed by atoms with E-state index in [1.54, 1.807) is 12.0 Å². The number of methoxy groups -OCH3 is 1. The first kappa shape index (κ1) is 27.7. The van der Waals surface area contributed by atoms with E-state index in [1.165, 1.54) is 0 Å². The van der Waals surface area contributed by atoms with Gasteiger partial charge in [0.25, 0.3) is 5.91 Å². The predicted molar refractivity (Wildman–Crippen MR) is 122 cm³/mol. The minimum absolute atomic E-state index is 0.0560. The largest absolute Gasteiger partial charge is 0.497 e. The second-order valence-electron chi connectivity index (χ2n) is 5.37. The number of nitrogens with zero attached hydrogens (tertiary/aromatic N) is 1. The van der Waals surface area contributed by atoms with Crippen LogP contribution in [-0.4, -0.2) is 24.5 Å². The molecule has 1 amide bonds. The van der Waals surface area contributed by atoms with Crippen LogP contribution < -0.4 is 10.5 Å². The highest BCUT2D eigenvalue weighted by molar-refractivity contribution is 6.02. The second kappa shape index (κ2) is 15.6. The normalized spacial score (nSPS) is 14.8. The van der Waals surface area contributed by atoms with Gasteiger partial charge >= 0.3 is 0 Å². The Labute approximate surface area is 172 Å². The van der Waals surface area contributed by atoms with Gasteiger partial charge in [-0.2, -0.15) is 0 Å². The zero-order valence-corrected chi connectivity index (χ0v) is 19.3. The number of rotatable bonds is 4. The molecule has 2 N–H and O–H groups in total. The molecule has 28 heavy (non-hydrogen) atoms. The van der Waals surface area contributed by atoms with Gasteiger partial charge in [-0.15, -0.1) is 0 Å². The van der Waals surface area contributed by atoms with Gasteiger partial charge in [-0.1, -0.05) is 66.3 Å². The summed E-state index contributed by atoms with van der Waals surface area (Å²) in [5, 5.41) is 0. The number of hydrogen-bond donors (Lipinski definition) is 1. The number of hydrogen-bond acceptors (Lipinski definition) is 3. The molecule has 0 unspecified atom stereocenters. The maximum absolute atomic E-state index is 12.6. The number of amides is 1. The lowest BCUT2D eigenvalue weighted by atomic mass is 10.0. The van der Waals surface area contributed by atoms with Crippen molar-refractivity contribution in [3.63, 3.8) is 0 Å². The van der Waals surface area contributed by atoms with E-state index in [0.717, 1.165) is 22.5 Å². The highest BCUT2D eigenvalue weighted by Crippen LogP contribution is 2.27. The van der Waals surface area contributed by atoms with Crippen molar-refractivity contribution in [1.29, 1.82) is 0 Å². The number of allylic oxidation sites excluding steroid dienone is 2. The van der Waals surface area contributed by atoms with Crippen molar-refractivity contribution in [2.45, 2.75) is 61.9 Å². The number of carbonyl (C=O) groups is 1. The van der Waals surface area contributed by atoms with Crippen molar-refractivity contribution in [1.82, 2.24) is 4.90 Å². The quantitative estimate of drug-likeness (QED) is 0.658. The molecule has 1 aliphatic rings. The van der Waals surface area contributed by atoms with Crippen LogP contribution in [0.4, 0.5) is 0 Å².